The molecule has 0 radical (unpaired) electrons. The SMILES string of the molecule is CCCCCOc1ccccc1C(=O)NNC(=O)C(c1ccccc1)c1ccccc1. The number of hydrogen-bond acceptors (Lipinski definition) is 3. The van der Waals surface area contributed by atoms with Gasteiger partial charge in [0.25, 0.3) is 5.91 Å². The molecule has 0 aliphatic rings. The van der Waals surface area contributed by atoms with Crippen molar-refractivity contribution in [3.05, 3.63) is 102 Å². The third-order valence-corrected chi connectivity index (χ3v) is 4.96. The van der Waals surface area contributed by atoms with Gasteiger partial charge < -0.3 is 4.74 Å². The summed E-state index contributed by atoms with van der Waals surface area (Å²) in [4.78, 5) is 25.8. The summed E-state index contributed by atoms with van der Waals surface area (Å²) in [6.07, 6.45) is 3.10. The first-order valence-electron chi connectivity index (χ1n) is 10.6. The first-order valence-corrected chi connectivity index (χ1v) is 10.6. The molecule has 5 nitrogen and oxygen atoms in total. The van der Waals surface area contributed by atoms with Crippen LogP contribution in [-0.4, -0.2) is 18.4 Å². The van der Waals surface area contributed by atoms with Gasteiger partial charge in [-0.1, -0.05) is 92.6 Å². The van der Waals surface area contributed by atoms with E-state index >= 15 is 0 Å². The Kier molecular flexibility index (Phi) is 8.23. The van der Waals surface area contributed by atoms with E-state index in [1.165, 1.54) is 0 Å². The van der Waals surface area contributed by atoms with Crippen LogP contribution in [0, 0.1) is 0 Å². The van der Waals surface area contributed by atoms with Crippen molar-refractivity contribution in [3.8, 4) is 5.75 Å². The molecule has 3 rings (SSSR count). The summed E-state index contributed by atoms with van der Waals surface area (Å²) in [5, 5.41) is 0. The normalized spacial score (nSPS) is 10.5. The van der Waals surface area contributed by atoms with Crippen molar-refractivity contribution in [3.63, 3.8) is 0 Å². The minimum Gasteiger partial charge on any atom is -0.493 e. The van der Waals surface area contributed by atoms with E-state index in [0.717, 1.165) is 30.4 Å². The summed E-state index contributed by atoms with van der Waals surface area (Å²) in [6.45, 7) is 2.68. The van der Waals surface area contributed by atoms with E-state index in [-0.39, 0.29) is 5.91 Å². The molecule has 0 unspecified atom stereocenters. The van der Waals surface area contributed by atoms with Crippen LogP contribution in [0.3, 0.4) is 0 Å². The van der Waals surface area contributed by atoms with Gasteiger partial charge >= 0.3 is 0 Å². The molecule has 5 heteroatoms. The zero-order valence-corrected chi connectivity index (χ0v) is 17.7. The van der Waals surface area contributed by atoms with Crippen molar-refractivity contribution in [2.75, 3.05) is 6.61 Å². The molecule has 3 aromatic carbocycles. The topological polar surface area (TPSA) is 67.4 Å². The molecule has 0 spiro atoms. The van der Waals surface area contributed by atoms with Crippen LogP contribution in [0.25, 0.3) is 0 Å². The summed E-state index contributed by atoms with van der Waals surface area (Å²) < 4.78 is 5.78. The van der Waals surface area contributed by atoms with Crippen molar-refractivity contribution < 1.29 is 14.3 Å². The molecule has 2 amide bonds. The predicted octanol–water partition coefficient (Wildman–Crippen LogP) is 4.85. The first-order chi connectivity index (χ1) is 15.2. The molecule has 3 aromatic rings. The van der Waals surface area contributed by atoms with Crippen LogP contribution in [0.5, 0.6) is 5.75 Å². The van der Waals surface area contributed by atoms with Gasteiger partial charge in [0.1, 0.15) is 5.75 Å². The number of hydrazine groups is 1. The smallest absolute Gasteiger partial charge is 0.273 e. The summed E-state index contributed by atoms with van der Waals surface area (Å²) in [5.74, 6) is -0.761. The van der Waals surface area contributed by atoms with E-state index in [1.54, 1.807) is 18.2 Å². The van der Waals surface area contributed by atoms with Crippen LogP contribution in [0.2, 0.25) is 0 Å². The molecule has 0 bridgehead atoms. The summed E-state index contributed by atoms with van der Waals surface area (Å²) in [7, 11) is 0. The van der Waals surface area contributed by atoms with E-state index in [4.69, 9.17) is 4.74 Å². The number of para-hydroxylation sites is 1. The number of amides is 2. The first kappa shape index (κ1) is 22.1. The fraction of sp³-hybridized carbons (Fsp3) is 0.231. The lowest BCUT2D eigenvalue weighted by Crippen LogP contribution is -2.44. The van der Waals surface area contributed by atoms with Crippen LogP contribution in [-0.2, 0) is 4.79 Å². The molecule has 2 N–H and O–H groups in total. The summed E-state index contributed by atoms with van der Waals surface area (Å²) >= 11 is 0. The molecule has 0 saturated carbocycles. The van der Waals surface area contributed by atoms with Crippen molar-refractivity contribution in [1.29, 1.82) is 0 Å². The number of ether oxygens (including phenoxy) is 1. The number of carbonyl (C=O) groups is 2. The van der Waals surface area contributed by atoms with Crippen molar-refractivity contribution in [2.24, 2.45) is 0 Å². The highest BCUT2D eigenvalue weighted by molar-refractivity contribution is 5.98. The number of hydrogen-bond donors (Lipinski definition) is 2. The number of unbranched alkanes of at least 4 members (excludes halogenated alkanes) is 2. The fourth-order valence-corrected chi connectivity index (χ4v) is 3.36. The Morgan fingerprint density at radius 2 is 1.35 bits per heavy atom. The van der Waals surface area contributed by atoms with E-state index < -0.39 is 11.8 Å². The predicted molar refractivity (Wildman–Crippen MR) is 122 cm³/mol. The van der Waals surface area contributed by atoms with Crippen LogP contribution < -0.4 is 15.6 Å². The van der Waals surface area contributed by atoms with Crippen molar-refractivity contribution in [1.82, 2.24) is 10.9 Å². The van der Waals surface area contributed by atoms with Crippen molar-refractivity contribution >= 4 is 11.8 Å². The molecule has 0 saturated heterocycles. The average molecular weight is 417 g/mol. The quantitative estimate of drug-likeness (QED) is 0.387. The van der Waals surface area contributed by atoms with Crippen molar-refractivity contribution in [2.45, 2.75) is 32.1 Å². The highest BCUT2D eigenvalue weighted by atomic mass is 16.5. The second-order valence-electron chi connectivity index (χ2n) is 7.25. The Hall–Kier alpha value is -3.60. The standard InChI is InChI=1S/C26H28N2O3/c1-2-3-12-19-31-23-18-11-10-17-22(23)25(29)27-28-26(30)24(20-13-6-4-7-14-20)21-15-8-5-9-16-21/h4-11,13-18,24H,2-3,12,19H2,1H3,(H,27,29)(H,28,30). The lowest BCUT2D eigenvalue weighted by Gasteiger charge is -2.18. The maximum absolute atomic E-state index is 13.1. The van der Waals surface area contributed by atoms with Gasteiger partial charge in [0.15, 0.2) is 0 Å². The van der Waals surface area contributed by atoms with Crippen LogP contribution in [0.4, 0.5) is 0 Å². The Morgan fingerprint density at radius 1 is 0.774 bits per heavy atom. The second kappa shape index (κ2) is 11.6. The number of rotatable bonds is 9. The molecule has 31 heavy (non-hydrogen) atoms. The molecule has 0 heterocycles. The van der Waals surface area contributed by atoms with Gasteiger partial charge in [0.2, 0.25) is 5.91 Å². The number of benzene rings is 3. The van der Waals surface area contributed by atoms with Gasteiger partial charge in [0, 0.05) is 0 Å². The number of nitrogens with one attached hydrogen (secondary N) is 2. The average Bonchev–Trinajstić information content (AvgIpc) is 2.82. The molecule has 0 aliphatic carbocycles. The minimum absolute atomic E-state index is 0.313. The molecule has 0 aliphatic heterocycles. The molecule has 0 fully saturated rings. The van der Waals surface area contributed by atoms with Gasteiger partial charge in [-0.2, -0.15) is 0 Å². The third-order valence-electron chi connectivity index (χ3n) is 4.96. The Morgan fingerprint density at radius 3 is 1.97 bits per heavy atom. The lowest BCUT2D eigenvalue weighted by molar-refractivity contribution is -0.122. The largest absolute Gasteiger partial charge is 0.493 e. The van der Waals surface area contributed by atoms with Gasteiger partial charge in [0.05, 0.1) is 18.1 Å². The maximum Gasteiger partial charge on any atom is 0.273 e. The van der Waals surface area contributed by atoms with E-state index in [2.05, 4.69) is 17.8 Å². The fourth-order valence-electron chi connectivity index (χ4n) is 3.36. The number of carbonyl (C=O) groups excluding carboxylic acids is 2. The van der Waals surface area contributed by atoms with E-state index in [0.29, 0.717) is 17.9 Å². The Labute approximate surface area is 183 Å². The van der Waals surface area contributed by atoms with E-state index in [9.17, 15) is 9.59 Å². The van der Waals surface area contributed by atoms with Gasteiger partial charge in [-0.3, -0.25) is 20.4 Å². The minimum atomic E-state index is -0.539. The monoisotopic (exact) mass is 416 g/mol. The van der Waals surface area contributed by atoms with Gasteiger partial charge in [-0.05, 0) is 29.7 Å². The highest BCUT2D eigenvalue weighted by Gasteiger charge is 2.23. The zero-order chi connectivity index (χ0) is 21.9. The van der Waals surface area contributed by atoms with Gasteiger partial charge in [-0.15, -0.1) is 0 Å². The van der Waals surface area contributed by atoms with Crippen LogP contribution in [0.15, 0.2) is 84.9 Å². The lowest BCUT2D eigenvalue weighted by atomic mass is 9.91. The molecule has 0 aromatic heterocycles. The molecular formula is C26H28N2O3. The second-order valence-corrected chi connectivity index (χ2v) is 7.25. The van der Waals surface area contributed by atoms with Gasteiger partial charge in [-0.25, -0.2) is 0 Å². The molecule has 0 atom stereocenters. The Balaban J connectivity index is 1.69. The molecule has 160 valence electrons. The zero-order valence-electron chi connectivity index (χ0n) is 17.7. The summed E-state index contributed by atoms with van der Waals surface area (Å²) in [6, 6.07) is 26.0. The third kappa shape index (κ3) is 6.19. The highest BCUT2D eigenvalue weighted by Crippen LogP contribution is 2.24. The summed E-state index contributed by atoms with van der Waals surface area (Å²) in [5.41, 5.74) is 7.21. The van der Waals surface area contributed by atoms with E-state index in [1.807, 2.05) is 66.7 Å². The maximum atomic E-state index is 13.1. The Bertz CT molecular complexity index is 935. The van der Waals surface area contributed by atoms with Crippen LogP contribution >= 0.6 is 0 Å². The van der Waals surface area contributed by atoms with Crippen LogP contribution in [0.1, 0.15) is 53.6 Å². The molecular weight excluding hydrogens is 388 g/mol.